The number of rotatable bonds is 7. The number of hydrogen-bond acceptors (Lipinski definition) is 4. The Hall–Kier alpha value is -2.42. The molecule has 0 aromatic heterocycles. The smallest absolute Gasteiger partial charge is 0.238 e. The van der Waals surface area contributed by atoms with Gasteiger partial charge in [-0.3, -0.25) is 9.89 Å². The molecule has 2 aromatic rings. The van der Waals surface area contributed by atoms with Gasteiger partial charge in [0.2, 0.25) is 10.0 Å². The maximum atomic E-state index is 11.4. The first-order chi connectivity index (χ1) is 14.9. The third kappa shape index (κ3) is 6.29. The fourth-order valence-electron chi connectivity index (χ4n) is 4.12. The largest absolute Gasteiger partial charge is 0.356 e. The first-order valence-corrected chi connectivity index (χ1v) is 12.3. The van der Waals surface area contributed by atoms with Crippen molar-refractivity contribution in [3.05, 3.63) is 65.7 Å². The van der Waals surface area contributed by atoms with Crippen molar-refractivity contribution in [1.29, 1.82) is 0 Å². The molecule has 1 unspecified atom stereocenters. The van der Waals surface area contributed by atoms with E-state index in [1.807, 2.05) is 7.05 Å². The topological polar surface area (TPSA) is 91.0 Å². The van der Waals surface area contributed by atoms with Crippen molar-refractivity contribution >= 4 is 16.0 Å². The molecule has 1 fully saturated rings. The maximum Gasteiger partial charge on any atom is 0.238 e. The van der Waals surface area contributed by atoms with Crippen molar-refractivity contribution < 1.29 is 8.42 Å². The van der Waals surface area contributed by atoms with E-state index in [0.29, 0.717) is 6.04 Å². The summed E-state index contributed by atoms with van der Waals surface area (Å²) in [5.74, 6) is 0.911. The molecule has 1 atom stereocenters. The summed E-state index contributed by atoms with van der Waals surface area (Å²) >= 11 is 0. The normalized spacial score (nSPS) is 16.9. The van der Waals surface area contributed by atoms with Crippen LogP contribution in [0, 0.1) is 0 Å². The van der Waals surface area contributed by atoms with E-state index in [9.17, 15) is 8.42 Å². The number of aliphatic imine (C=N–C) groups is 1. The molecule has 168 valence electrons. The van der Waals surface area contributed by atoms with Gasteiger partial charge >= 0.3 is 0 Å². The van der Waals surface area contributed by atoms with Crippen LogP contribution >= 0.6 is 0 Å². The van der Waals surface area contributed by atoms with Crippen molar-refractivity contribution in [2.24, 2.45) is 10.1 Å². The molecule has 0 amide bonds. The summed E-state index contributed by atoms with van der Waals surface area (Å²) in [6.45, 7) is 6.85. The van der Waals surface area contributed by atoms with Crippen LogP contribution < -0.4 is 10.5 Å². The molecule has 2 aromatic carbocycles. The maximum absolute atomic E-state index is 11.4. The number of sulfonamides is 1. The predicted octanol–water partition coefficient (Wildman–Crippen LogP) is 2.22. The lowest BCUT2D eigenvalue weighted by Gasteiger charge is -2.40. The molecule has 3 rings (SSSR count). The lowest BCUT2D eigenvalue weighted by molar-refractivity contribution is 0.127. The molecule has 31 heavy (non-hydrogen) atoms. The molecule has 0 spiro atoms. The summed E-state index contributed by atoms with van der Waals surface area (Å²) in [5.41, 5.74) is 2.43. The van der Waals surface area contributed by atoms with E-state index in [-0.39, 0.29) is 4.90 Å². The van der Waals surface area contributed by atoms with E-state index < -0.39 is 10.0 Å². The minimum atomic E-state index is -3.65. The molecular weight excluding hydrogens is 410 g/mol. The zero-order chi connectivity index (χ0) is 22.3. The summed E-state index contributed by atoms with van der Waals surface area (Å²) in [7, 11) is -1.83. The SMILES string of the molecule is CCC(c1ccccc1)N1CCN(C(=NC)NCCc2ccc(S(N)(=O)=O)cc2)CC1. The second-order valence-electron chi connectivity index (χ2n) is 7.77. The predicted molar refractivity (Wildman–Crippen MR) is 126 cm³/mol. The van der Waals surface area contributed by atoms with Crippen LogP contribution in [0.3, 0.4) is 0 Å². The summed E-state index contributed by atoms with van der Waals surface area (Å²) in [4.78, 5) is 9.46. The van der Waals surface area contributed by atoms with Gasteiger partial charge in [0, 0.05) is 45.8 Å². The first-order valence-electron chi connectivity index (χ1n) is 10.8. The van der Waals surface area contributed by atoms with Crippen molar-refractivity contribution in [2.45, 2.75) is 30.7 Å². The quantitative estimate of drug-likeness (QED) is 0.506. The number of guanidine groups is 1. The summed E-state index contributed by atoms with van der Waals surface area (Å²) in [6, 6.07) is 17.9. The molecule has 1 saturated heterocycles. The van der Waals surface area contributed by atoms with Crippen LogP contribution in [-0.2, 0) is 16.4 Å². The molecule has 1 aliphatic heterocycles. The Kier molecular flexibility index (Phi) is 8.06. The van der Waals surface area contributed by atoms with Crippen LogP contribution in [-0.4, -0.2) is 63.9 Å². The Bertz CT molecular complexity index is 953. The van der Waals surface area contributed by atoms with Gasteiger partial charge in [-0.2, -0.15) is 0 Å². The summed E-state index contributed by atoms with van der Waals surface area (Å²) in [5, 5.41) is 8.59. The Morgan fingerprint density at radius 1 is 1.06 bits per heavy atom. The van der Waals surface area contributed by atoms with Gasteiger partial charge < -0.3 is 10.2 Å². The molecule has 0 aliphatic carbocycles. The molecule has 3 N–H and O–H groups in total. The van der Waals surface area contributed by atoms with Gasteiger partial charge in [0.05, 0.1) is 4.90 Å². The fraction of sp³-hybridized carbons (Fsp3) is 0.435. The Labute approximate surface area is 186 Å². The van der Waals surface area contributed by atoms with E-state index in [0.717, 1.165) is 57.1 Å². The van der Waals surface area contributed by atoms with Gasteiger partial charge in [0.25, 0.3) is 0 Å². The number of hydrogen-bond donors (Lipinski definition) is 2. The van der Waals surface area contributed by atoms with Crippen LogP contribution in [0.4, 0.5) is 0 Å². The number of nitrogens with zero attached hydrogens (tertiary/aromatic N) is 3. The van der Waals surface area contributed by atoms with Gasteiger partial charge in [-0.1, -0.05) is 49.4 Å². The van der Waals surface area contributed by atoms with Crippen LogP contribution in [0.15, 0.2) is 64.5 Å². The molecule has 8 heteroatoms. The van der Waals surface area contributed by atoms with Crippen molar-refractivity contribution in [3.63, 3.8) is 0 Å². The zero-order valence-electron chi connectivity index (χ0n) is 18.4. The highest BCUT2D eigenvalue weighted by Crippen LogP contribution is 2.25. The van der Waals surface area contributed by atoms with Gasteiger partial charge in [-0.05, 0) is 36.1 Å². The van der Waals surface area contributed by atoms with E-state index in [1.165, 1.54) is 5.56 Å². The molecule has 7 nitrogen and oxygen atoms in total. The van der Waals surface area contributed by atoms with E-state index in [4.69, 9.17) is 5.14 Å². The fourth-order valence-corrected chi connectivity index (χ4v) is 4.64. The van der Waals surface area contributed by atoms with Crippen LogP contribution in [0.25, 0.3) is 0 Å². The Morgan fingerprint density at radius 2 is 1.71 bits per heavy atom. The minimum Gasteiger partial charge on any atom is -0.356 e. The third-order valence-electron chi connectivity index (χ3n) is 5.79. The lowest BCUT2D eigenvalue weighted by atomic mass is 10.0. The van der Waals surface area contributed by atoms with Crippen LogP contribution in [0.1, 0.15) is 30.5 Å². The average Bonchev–Trinajstić information content (AvgIpc) is 2.78. The summed E-state index contributed by atoms with van der Waals surface area (Å²) in [6.07, 6.45) is 1.87. The Balaban J connectivity index is 1.49. The monoisotopic (exact) mass is 443 g/mol. The highest BCUT2D eigenvalue weighted by molar-refractivity contribution is 7.89. The first kappa shape index (κ1) is 23.2. The molecule has 1 heterocycles. The van der Waals surface area contributed by atoms with Crippen molar-refractivity contribution in [1.82, 2.24) is 15.1 Å². The second kappa shape index (κ2) is 10.7. The van der Waals surface area contributed by atoms with Crippen LogP contribution in [0.2, 0.25) is 0 Å². The van der Waals surface area contributed by atoms with Crippen LogP contribution in [0.5, 0.6) is 0 Å². The number of benzene rings is 2. The average molecular weight is 444 g/mol. The molecule has 0 saturated carbocycles. The molecule has 0 bridgehead atoms. The highest BCUT2D eigenvalue weighted by atomic mass is 32.2. The van der Waals surface area contributed by atoms with E-state index >= 15 is 0 Å². The van der Waals surface area contributed by atoms with Gasteiger partial charge in [0.15, 0.2) is 5.96 Å². The van der Waals surface area contributed by atoms with E-state index in [2.05, 4.69) is 57.4 Å². The van der Waals surface area contributed by atoms with Gasteiger partial charge in [-0.15, -0.1) is 0 Å². The number of primary sulfonamides is 1. The summed E-state index contributed by atoms with van der Waals surface area (Å²) < 4.78 is 22.7. The lowest BCUT2D eigenvalue weighted by Crippen LogP contribution is -2.53. The second-order valence-corrected chi connectivity index (χ2v) is 9.33. The third-order valence-corrected chi connectivity index (χ3v) is 6.72. The Morgan fingerprint density at radius 3 is 2.26 bits per heavy atom. The standard InChI is InChI=1S/C23H33N5O2S/c1-3-22(20-7-5-4-6-8-20)27-15-17-28(18-16-27)23(25-2)26-14-13-19-9-11-21(12-10-19)31(24,29)30/h4-12,22H,3,13-18H2,1-2H3,(H,25,26)(H2,24,29,30). The van der Waals surface area contributed by atoms with E-state index in [1.54, 1.807) is 24.3 Å². The van der Waals surface area contributed by atoms with Gasteiger partial charge in [-0.25, -0.2) is 13.6 Å². The number of piperazine rings is 1. The highest BCUT2D eigenvalue weighted by Gasteiger charge is 2.25. The zero-order valence-corrected chi connectivity index (χ0v) is 19.2. The number of nitrogens with one attached hydrogen (secondary N) is 1. The van der Waals surface area contributed by atoms with Crippen molar-refractivity contribution in [2.75, 3.05) is 39.8 Å². The van der Waals surface area contributed by atoms with Gasteiger partial charge in [0.1, 0.15) is 0 Å². The van der Waals surface area contributed by atoms with Crippen molar-refractivity contribution in [3.8, 4) is 0 Å². The number of nitrogens with two attached hydrogens (primary N) is 1. The minimum absolute atomic E-state index is 0.138. The molecular formula is C23H33N5O2S. The molecule has 1 aliphatic rings. The molecule has 0 radical (unpaired) electrons.